The molecule has 0 aromatic heterocycles. The molecule has 0 atom stereocenters. The third-order valence-corrected chi connectivity index (χ3v) is 4.16. The summed E-state index contributed by atoms with van der Waals surface area (Å²) in [6.45, 7) is 1.47. The highest BCUT2D eigenvalue weighted by atomic mass is 127. The summed E-state index contributed by atoms with van der Waals surface area (Å²) in [4.78, 5) is 6.35. The van der Waals surface area contributed by atoms with Crippen LogP contribution < -0.4 is 15.5 Å². The zero-order valence-electron chi connectivity index (χ0n) is 14.9. The Balaban J connectivity index is 0.00000312. The average Bonchev–Trinajstić information content (AvgIpc) is 2.59. The Morgan fingerprint density at radius 2 is 1.72 bits per heavy atom. The highest BCUT2D eigenvalue weighted by Gasteiger charge is 2.02. The summed E-state index contributed by atoms with van der Waals surface area (Å²) >= 11 is 6.17. The van der Waals surface area contributed by atoms with Gasteiger partial charge in [-0.25, -0.2) is 0 Å². The van der Waals surface area contributed by atoms with Gasteiger partial charge in [-0.1, -0.05) is 41.9 Å². The van der Waals surface area contributed by atoms with Crippen LogP contribution in [0.25, 0.3) is 0 Å². The van der Waals surface area contributed by atoms with Gasteiger partial charge >= 0.3 is 0 Å². The maximum Gasteiger partial charge on any atom is 0.191 e. The molecule has 0 fully saturated rings. The summed E-state index contributed by atoms with van der Waals surface area (Å²) in [7, 11) is 5.87. The van der Waals surface area contributed by atoms with E-state index in [4.69, 9.17) is 11.6 Å². The second kappa shape index (κ2) is 11.2. The van der Waals surface area contributed by atoms with E-state index in [0.29, 0.717) is 6.54 Å². The van der Waals surface area contributed by atoms with Gasteiger partial charge in [-0.05, 0) is 35.7 Å². The topological polar surface area (TPSA) is 39.7 Å². The van der Waals surface area contributed by atoms with Crippen molar-refractivity contribution in [2.24, 2.45) is 4.99 Å². The molecule has 0 unspecified atom stereocenters. The highest BCUT2D eigenvalue weighted by Crippen LogP contribution is 2.14. The van der Waals surface area contributed by atoms with Crippen LogP contribution in [-0.4, -0.2) is 33.6 Å². The van der Waals surface area contributed by atoms with Crippen LogP contribution in [0.5, 0.6) is 0 Å². The van der Waals surface area contributed by atoms with Crippen LogP contribution in [-0.2, 0) is 13.0 Å². The lowest BCUT2D eigenvalue weighted by atomic mass is 10.1. The van der Waals surface area contributed by atoms with Crippen LogP contribution in [0.2, 0.25) is 5.02 Å². The molecule has 136 valence electrons. The summed E-state index contributed by atoms with van der Waals surface area (Å²) in [5, 5.41) is 7.38. The quantitative estimate of drug-likeness (QED) is 0.380. The zero-order chi connectivity index (χ0) is 17.4. The summed E-state index contributed by atoms with van der Waals surface area (Å²) in [5.74, 6) is 0.778. The molecule has 0 heterocycles. The first-order valence-electron chi connectivity index (χ1n) is 8.04. The number of aliphatic imine (C=N–C) groups is 1. The van der Waals surface area contributed by atoms with E-state index in [-0.39, 0.29) is 24.0 Å². The van der Waals surface area contributed by atoms with Gasteiger partial charge in [-0.2, -0.15) is 0 Å². The number of guanidine groups is 1. The van der Waals surface area contributed by atoms with Gasteiger partial charge in [0.05, 0.1) is 0 Å². The van der Waals surface area contributed by atoms with Crippen molar-refractivity contribution in [2.45, 2.75) is 13.0 Å². The van der Waals surface area contributed by atoms with Crippen LogP contribution in [0, 0.1) is 0 Å². The average molecular weight is 473 g/mol. The predicted molar refractivity (Wildman–Crippen MR) is 120 cm³/mol. The van der Waals surface area contributed by atoms with E-state index in [1.165, 1.54) is 11.3 Å². The fourth-order valence-electron chi connectivity index (χ4n) is 2.33. The second-order valence-corrected chi connectivity index (χ2v) is 6.16. The lowest BCUT2D eigenvalue weighted by molar-refractivity contribution is 0.794. The molecule has 0 radical (unpaired) electrons. The molecule has 2 rings (SSSR count). The fraction of sp³-hybridized carbons (Fsp3) is 0.316. The minimum Gasteiger partial charge on any atom is -0.378 e. The largest absolute Gasteiger partial charge is 0.378 e. The molecule has 2 N–H and O–H groups in total. The third kappa shape index (κ3) is 7.12. The minimum atomic E-state index is 0. The Hall–Kier alpha value is -1.47. The summed E-state index contributed by atoms with van der Waals surface area (Å²) < 4.78 is 0. The predicted octanol–water partition coefficient (Wildman–Crippen LogP) is 3.93. The van der Waals surface area contributed by atoms with E-state index < -0.39 is 0 Å². The summed E-state index contributed by atoms with van der Waals surface area (Å²) in [6, 6.07) is 16.4. The molecular formula is C19H26ClIN4. The number of benzene rings is 2. The number of halogens is 2. The molecular weight excluding hydrogens is 447 g/mol. The van der Waals surface area contributed by atoms with Gasteiger partial charge in [-0.3, -0.25) is 4.99 Å². The smallest absolute Gasteiger partial charge is 0.191 e. The Kier molecular flexibility index (Phi) is 9.67. The summed E-state index contributed by atoms with van der Waals surface area (Å²) in [5.41, 5.74) is 3.57. The van der Waals surface area contributed by atoms with E-state index in [1.807, 2.05) is 38.4 Å². The molecule has 0 aliphatic carbocycles. The van der Waals surface area contributed by atoms with Crippen molar-refractivity contribution in [2.75, 3.05) is 32.6 Å². The molecule has 4 nitrogen and oxygen atoms in total. The molecule has 0 amide bonds. The SMILES string of the molecule is CN=C(NCCc1ccc(N(C)C)cc1)NCc1ccccc1Cl.I. The third-order valence-electron chi connectivity index (χ3n) is 3.79. The lowest BCUT2D eigenvalue weighted by Gasteiger charge is -2.14. The van der Waals surface area contributed by atoms with E-state index in [1.54, 1.807) is 7.05 Å². The van der Waals surface area contributed by atoms with E-state index in [9.17, 15) is 0 Å². The molecule has 0 aliphatic rings. The Morgan fingerprint density at radius 1 is 1.04 bits per heavy atom. The maximum atomic E-state index is 6.17. The van der Waals surface area contributed by atoms with Gasteiger partial charge in [-0.15, -0.1) is 24.0 Å². The second-order valence-electron chi connectivity index (χ2n) is 5.75. The van der Waals surface area contributed by atoms with Crippen molar-refractivity contribution >= 4 is 47.2 Å². The molecule has 0 spiro atoms. The molecule has 2 aromatic rings. The van der Waals surface area contributed by atoms with Gasteiger partial charge < -0.3 is 15.5 Å². The van der Waals surface area contributed by atoms with Gasteiger partial charge in [0.2, 0.25) is 0 Å². The van der Waals surface area contributed by atoms with Crippen LogP contribution >= 0.6 is 35.6 Å². The van der Waals surface area contributed by atoms with Crippen LogP contribution in [0.15, 0.2) is 53.5 Å². The number of nitrogens with one attached hydrogen (secondary N) is 2. The van der Waals surface area contributed by atoms with Crippen molar-refractivity contribution in [3.8, 4) is 0 Å². The van der Waals surface area contributed by atoms with Crippen molar-refractivity contribution in [1.82, 2.24) is 10.6 Å². The molecule has 0 bridgehead atoms. The number of nitrogens with zero attached hydrogens (tertiary/aromatic N) is 2. The van der Waals surface area contributed by atoms with Gasteiger partial charge in [0, 0.05) is 44.9 Å². The van der Waals surface area contributed by atoms with E-state index >= 15 is 0 Å². The molecule has 25 heavy (non-hydrogen) atoms. The first-order valence-corrected chi connectivity index (χ1v) is 8.42. The molecule has 0 saturated heterocycles. The van der Waals surface area contributed by atoms with Crippen molar-refractivity contribution in [3.05, 3.63) is 64.7 Å². The number of rotatable bonds is 6. The molecule has 6 heteroatoms. The molecule has 0 saturated carbocycles. The lowest BCUT2D eigenvalue weighted by Crippen LogP contribution is -2.37. The standard InChI is InChI=1S/C19H25ClN4.HI/c1-21-19(23-14-16-6-4-5-7-18(16)20)22-13-12-15-8-10-17(11-9-15)24(2)3;/h4-11H,12-14H2,1-3H3,(H2,21,22,23);1H. The van der Waals surface area contributed by atoms with E-state index in [2.05, 4.69) is 44.8 Å². The zero-order valence-corrected chi connectivity index (χ0v) is 18.0. The van der Waals surface area contributed by atoms with Crippen LogP contribution in [0.1, 0.15) is 11.1 Å². The Bertz CT molecular complexity index is 671. The van der Waals surface area contributed by atoms with Gasteiger partial charge in [0.1, 0.15) is 0 Å². The monoisotopic (exact) mass is 472 g/mol. The maximum absolute atomic E-state index is 6.17. The number of hydrogen-bond donors (Lipinski definition) is 2. The van der Waals surface area contributed by atoms with E-state index in [0.717, 1.165) is 29.5 Å². The van der Waals surface area contributed by atoms with Crippen molar-refractivity contribution in [1.29, 1.82) is 0 Å². The number of anilines is 1. The number of hydrogen-bond acceptors (Lipinski definition) is 2. The van der Waals surface area contributed by atoms with Gasteiger partial charge in [0.25, 0.3) is 0 Å². The Morgan fingerprint density at radius 3 is 2.32 bits per heavy atom. The van der Waals surface area contributed by atoms with Gasteiger partial charge in [0.15, 0.2) is 5.96 Å². The summed E-state index contributed by atoms with van der Waals surface area (Å²) in [6.07, 6.45) is 0.945. The first kappa shape index (κ1) is 21.6. The van der Waals surface area contributed by atoms with Crippen molar-refractivity contribution in [3.63, 3.8) is 0 Å². The van der Waals surface area contributed by atoms with Crippen LogP contribution in [0.4, 0.5) is 5.69 Å². The minimum absolute atomic E-state index is 0. The Labute approximate surface area is 172 Å². The van der Waals surface area contributed by atoms with Crippen LogP contribution in [0.3, 0.4) is 0 Å². The molecule has 2 aromatic carbocycles. The first-order chi connectivity index (χ1) is 11.6. The van der Waals surface area contributed by atoms with Crippen molar-refractivity contribution < 1.29 is 0 Å². The normalized spacial score (nSPS) is 10.8. The fourth-order valence-corrected chi connectivity index (χ4v) is 2.53. The molecule has 0 aliphatic heterocycles. The highest BCUT2D eigenvalue weighted by molar-refractivity contribution is 14.0.